The van der Waals surface area contributed by atoms with E-state index in [1.165, 1.54) is 18.2 Å². The number of anilines is 3. The van der Waals surface area contributed by atoms with Crippen LogP contribution < -0.4 is 27.2 Å². The predicted molar refractivity (Wildman–Crippen MR) is 173 cm³/mol. The number of rotatable bonds is 11. The van der Waals surface area contributed by atoms with E-state index in [1.54, 1.807) is 12.3 Å². The number of likely N-dealkylation sites (N-methyl/N-ethyl adjacent to an activating group) is 1. The summed E-state index contributed by atoms with van der Waals surface area (Å²) in [6, 6.07) is 13.6. The van der Waals surface area contributed by atoms with Crippen molar-refractivity contribution < 1.29 is 9.59 Å². The average Bonchev–Trinajstić information content (AvgIpc) is 3.01. The molecular weight excluding hydrogens is 582 g/mol. The molecule has 44 heavy (non-hydrogen) atoms. The predicted octanol–water partition coefficient (Wildman–Crippen LogP) is 2.83. The number of fused-ring (bicyclic) bond motifs is 1. The van der Waals surface area contributed by atoms with Crippen LogP contribution in [0, 0.1) is 0 Å². The van der Waals surface area contributed by atoms with Crippen LogP contribution >= 0.6 is 11.6 Å². The summed E-state index contributed by atoms with van der Waals surface area (Å²) in [5, 5.41) is 9.45. The number of aromatic nitrogens is 3. The number of nitrogens with two attached hydrogens (primary N) is 1. The first kappa shape index (κ1) is 30.9. The van der Waals surface area contributed by atoms with E-state index >= 15 is 0 Å². The Hall–Kier alpha value is -4.52. The molecule has 0 atom stereocenters. The minimum Gasteiger partial charge on any atom is -0.399 e. The number of H-pyrrole nitrogens is 1. The highest BCUT2D eigenvalue weighted by atomic mass is 35.5. The summed E-state index contributed by atoms with van der Waals surface area (Å²) in [6.07, 6.45) is 3.06. The third kappa shape index (κ3) is 8.10. The van der Waals surface area contributed by atoms with Gasteiger partial charge in [-0.05, 0) is 61.9 Å². The van der Waals surface area contributed by atoms with E-state index in [-0.39, 0.29) is 22.2 Å². The minimum absolute atomic E-state index is 0.135. The van der Waals surface area contributed by atoms with Crippen molar-refractivity contribution in [3.8, 4) is 0 Å². The first-order chi connectivity index (χ1) is 21.2. The van der Waals surface area contributed by atoms with Crippen LogP contribution in [0.2, 0.25) is 5.02 Å². The van der Waals surface area contributed by atoms with Crippen molar-refractivity contribution in [1.29, 1.82) is 0 Å². The summed E-state index contributed by atoms with van der Waals surface area (Å²) in [5.74, 6) is -0.589. The quantitative estimate of drug-likeness (QED) is 0.126. The van der Waals surface area contributed by atoms with Gasteiger partial charge in [0.05, 0.1) is 10.7 Å². The fraction of sp³-hybridized carbons (Fsp3) is 0.323. The van der Waals surface area contributed by atoms with E-state index in [4.69, 9.17) is 17.3 Å². The molecule has 2 amide bonds. The molecule has 0 spiro atoms. The molecule has 1 aliphatic rings. The van der Waals surface area contributed by atoms with Gasteiger partial charge in [-0.1, -0.05) is 23.7 Å². The Morgan fingerprint density at radius 3 is 2.66 bits per heavy atom. The Labute approximate surface area is 260 Å². The van der Waals surface area contributed by atoms with E-state index in [0.29, 0.717) is 41.3 Å². The van der Waals surface area contributed by atoms with E-state index in [9.17, 15) is 14.4 Å². The van der Waals surface area contributed by atoms with Gasteiger partial charge in [0.15, 0.2) is 0 Å². The van der Waals surface area contributed by atoms with Crippen molar-refractivity contribution in [2.24, 2.45) is 0 Å². The maximum Gasteiger partial charge on any atom is 0.262 e. The maximum atomic E-state index is 13.1. The summed E-state index contributed by atoms with van der Waals surface area (Å²) in [6.45, 7) is 6.11. The van der Waals surface area contributed by atoms with E-state index in [2.05, 4.69) is 47.7 Å². The van der Waals surface area contributed by atoms with Gasteiger partial charge in [-0.15, -0.1) is 0 Å². The number of benzene rings is 2. The molecule has 4 aromatic rings. The molecular formula is C31H36ClN9O3. The lowest BCUT2D eigenvalue weighted by molar-refractivity contribution is 0.0951. The van der Waals surface area contributed by atoms with Crippen molar-refractivity contribution in [1.82, 2.24) is 30.1 Å². The zero-order valence-corrected chi connectivity index (χ0v) is 25.3. The largest absolute Gasteiger partial charge is 0.399 e. The fourth-order valence-corrected chi connectivity index (χ4v) is 5.11. The molecule has 12 nitrogen and oxygen atoms in total. The standard InChI is InChI=1S/C31H36ClN9O3/c1-40-12-14-41(15-13-40)11-10-35-31-36-19-22-17-24(30(44)38-27(22)39-31)29(43)37-26-18-21(7-8-25(26)32)28(42)34-9-3-5-20-4-2-6-23(33)16-20/h2,4,6-8,16-19H,3,5,9-15,33H2,1H3,(H,34,42)(H,37,43)(H2,35,36,38,39,44). The molecule has 230 valence electrons. The Morgan fingerprint density at radius 1 is 1.05 bits per heavy atom. The molecule has 6 N–H and O–H groups in total. The van der Waals surface area contributed by atoms with Gasteiger partial charge in [-0.3, -0.25) is 19.3 Å². The van der Waals surface area contributed by atoms with Crippen molar-refractivity contribution in [3.05, 3.63) is 86.8 Å². The Kier molecular flexibility index (Phi) is 10.1. The molecule has 0 saturated carbocycles. The Bertz CT molecular complexity index is 1700. The van der Waals surface area contributed by atoms with Gasteiger partial charge in [0.1, 0.15) is 11.2 Å². The van der Waals surface area contributed by atoms with E-state index in [0.717, 1.165) is 51.1 Å². The highest BCUT2D eigenvalue weighted by molar-refractivity contribution is 6.34. The monoisotopic (exact) mass is 617 g/mol. The smallest absolute Gasteiger partial charge is 0.262 e. The number of aryl methyl sites for hydroxylation is 1. The SMILES string of the molecule is CN1CCN(CCNc2ncc3cc(C(=O)Nc4cc(C(=O)NCCCc5cccc(N)c5)ccc4Cl)c(=O)[nH]c3n2)CC1. The molecule has 3 heterocycles. The lowest BCUT2D eigenvalue weighted by Gasteiger charge is -2.32. The molecule has 1 saturated heterocycles. The molecule has 5 rings (SSSR count). The van der Waals surface area contributed by atoms with E-state index in [1.807, 2.05) is 24.3 Å². The molecule has 1 aliphatic heterocycles. The number of hydrogen-bond donors (Lipinski definition) is 5. The lowest BCUT2D eigenvalue weighted by atomic mass is 10.1. The number of hydrogen-bond acceptors (Lipinski definition) is 9. The van der Waals surface area contributed by atoms with Gasteiger partial charge < -0.3 is 31.6 Å². The second-order valence-electron chi connectivity index (χ2n) is 10.8. The Balaban J connectivity index is 1.18. The van der Waals surface area contributed by atoms with Gasteiger partial charge in [0, 0.05) is 68.6 Å². The number of halogens is 1. The van der Waals surface area contributed by atoms with Gasteiger partial charge in [0.2, 0.25) is 5.95 Å². The number of pyridine rings is 1. The van der Waals surface area contributed by atoms with Crippen molar-refractivity contribution in [3.63, 3.8) is 0 Å². The van der Waals surface area contributed by atoms with Crippen LogP contribution in [0.5, 0.6) is 0 Å². The molecule has 0 bridgehead atoms. The summed E-state index contributed by atoms with van der Waals surface area (Å²) >= 11 is 6.32. The lowest BCUT2D eigenvalue weighted by Crippen LogP contribution is -2.45. The van der Waals surface area contributed by atoms with Crippen LogP contribution in [-0.4, -0.2) is 89.4 Å². The molecule has 2 aromatic carbocycles. The highest BCUT2D eigenvalue weighted by Crippen LogP contribution is 2.24. The number of nitrogens with zero attached hydrogens (tertiary/aromatic N) is 4. The molecule has 2 aromatic heterocycles. The molecule has 0 radical (unpaired) electrons. The van der Waals surface area contributed by atoms with Crippen LogP contribution in [0.3, 0.4) is 0 Å². The topological polar surface area (TPSA) is 161 Å². The summed E-state index contributed by atoms with van der Waals surface area (Å²) in [5.41, 5.74) is 7.72. The number of amides is 2. The molecule has 0 aliphatic carbocycles. The van der Waals surface area contributed by atoms with Crippen LogP contribution in [-0.2, 0) is 6.42 Å². The van der Waals surface area contributed by atoms with Crippen LogP contribution in [0.4, 0.5) is 17.3 Å². The van der Waals surface area contributed by atoms with Gasteiger partial charge in [-0.25, -0.2) is 4.98 Å². The number of aromatic amines is 1. The minimum atomic E-state index is -0.677. The fourth-order valence-electron chi connectivity index (χ4n) is 4.94. The first-order valence-corrected chi connectivity index (χ1v) is 14.9. The zero-order valence-electron chi connectivity index (χ0n) is 24.5. The maximum absolute atomic E-state index is 13.1. The van der Waals surface area contributed by atoms with Gasteiger partial charge in [-0.2, -0.15) is 4.98 Å². The molecule has 1 fully saturated rings. The second kappa shape index (κ2) is 14.3. The van der Waals surface area contributed by atoms with Gasteiger partial charge >= 0.3 is 0 Å². The van der Waals surface area contributed by atoms with E-state index < -0.39 is 11.5 Å². The molecule has 0 unspecified atom stereocenters. The average molecular weight is 618 g/mol. The third-order valence-corrected chi connectivity index (χ3v) is 7.83. The number of carbonyl (C=O) groups is 2. The normalized spacial score (nSPS) is 14.0. The number of nitrogen functional groups attached to an aromatic ring is 1. The summed E-state index contributed by atoms with van der Waals surface area (Å²) in [7, 11) is 2.12. The Morgan fingerprint density at radius 2 is 1.86 bits per heavy atom. The van der Waals surface area contributed by atoms with Crippen molar-refractivity contribution >= 4 is 51.8 Å². The van der Waals surface area contributed by atoms with Crippen molar-refractivity contribution in [2.75, 3.05) is 69.2 Å². The summed E-state index contributed by atoms with van der Waals surface area (Å²) < 4.78 is 0. The first-order valence-electron chi connectivity index (χ1n) is 14.5. The zero-order chi connectivity index (χ0) is 31.1. The summed E-state index contributed by atoms with van der Waals surface area (Å²) in [4.78, 5) is 54.8. The number of piperazine rings is 1. The van der Waals surface area contributed by atoms with Gasteiger partial charge in [0.25, 0.3) is 17.4 Å². The van der Waals surface area contributed by atoms with Crippen LogP contribution in [0.15, 0.2) is 59.5 Å². The second-order valence-corrected chi connectivity index (χ2v) is 11.2. The highest BCUT2D eigenvalue weighted by Gasteiger charge is 2.17. The molecule has 13 heteroatoms. The number of nitrogens with one attached hydrogen (secondary N) is 4. The van der Waals surface area contributed by atoms with Crippen LogP contribution in [0.1, 0.15) is 32.7 Å². The third-order valence-electron chi connectivity index (χ3n) is 7.50. The van der Waals surface area contributed by atoms with Crippen molar-refractivity contribution in [2.45, 2.75) is 12.8 Å². The van der Waals surface area contributed by atoms with Crippen LogP contribution in [0.25, 0.3) is 11.0 Å². The number of carbonyl (C=O) groups excluding carboxylic acids is 2.